The summed E-state index contributed by atoms with van der Waals surface area (Å²) in [5, 5.41) is 0. The van der Waals surface area contributed by atoms with E-state index < -0.39 is 5.79 Å². The van der Waals surface area contributed by atoms with Crippen molar-refractivity contribution in [1.29, 1.82) is 0 Å². The van der Waals surface area contributed by atoms with E-state index in [1.54, 1.807) is 0 Å². The van der Waals surface area contributed by atoms with Gasteiger partial charge in [0.1, 0.15) is 0 Å². The van der Waals surface area contributed by atoms with Crippen LogP contribution in [0, 0.1) is 23.7 Å². The zero-order valence-corrected chi connectivity index (χ0v) is 42.3. The molecule has 0 aromatic rings. The average Bonchev–Trinajstić information content (AvgIpc) is 3.51. The zero-order chi connectivity index (χ0) is 44.9. The quantitative estimate of drug-likeness (QED) is 0.0447. The topological polar surface area (TPSA) is 74.3 Å². The molecule has 0 N–H and O–H groups in total. The molecule has 2 heterocycles. The number of hydrogen-bond donors (Lipinski definition) is 0. The lowest BCUT2D eigenvalue weighted by Crippen LogP contribution is -2.31. The van der Waals surface area contributed by atoms with Crippen LogP contribution in [0.5, 0.6) is 0 Å². The highest BCUT2D eigenvalue weighted by Crippen LogP contribution is 2.38. The van der Waals surface area contributed by atoms with Crippen molar-refractivity contribution in [2.75, 3.05) is 40.0 Å². The first-order valence-corrected chi connectivity index (χ1v) is 27.6. The summed E-state index contributed by atoms with van der Waals surface area (Å²) in [5.41, 5.74) is 0. The first-order valence-electron chi connectivity index (χ1n) is 27.6. The van der Waals surface area contributed by atoms with E-state index in [-0.39, 0.29) is 18.0 Å². The van der Waals surface area contributed by atoms with Crippen LogP contribution in [0.3, 0.4) is 0 Å². The van der Waals surface area contributed by atoms with Gasteiger partial charge in [-0.05, 0) is 108 Å². The molecule has 3 unspecified atom stereocenters. The van der Waals surface area contributed by atoms with Gasteiger partial charge in [0.25, 0.3) is 0 Å². The molecule has 0 amide bonds. The van der Waals surface area contributed by atoms with Crippen molar-refractivity contribution in [1.82, 2.24) is 4.90 Å². The van der Waals surface area contributed by atoms with E-state index in [0.29, 0.717) is 43.8 Å². The lowest BCUT2D eigenvalue weighted by Gasteiger charge is -2.30. The minimum absolute atomic E-state index is 0.0108. The number of likely N-dealkylation sites (tertiary alicyclic amines) is 1. The van der Waals surface area contributed by atoms with Crippen molar-refractivity contribution < 1.29 is 28.5 Å². The van der Waals surface area contributed by atoms with Crippen LogP contribution in [-0.2, 0) is 28.5 Å². The normalized spacial score (nSPS) is 18.7. The smallest absolute Gasteiger partial charge is 0.305 e. The minimum Gasteiger partial charge on any atom is -0.466 e. The minimum atomic E-state index is -0.461. The van der Waals surface area contributed by atoms with Gasteiger partial charge in [-0.3, -0.25) is 9.59 Å². The molecule has 366 valence electrons. The summed E-state index contributed by atoms with van der Waals surface area (Å²) in [5.74, 6) is 2.35. The van der Waals surface area contributed by atoms with Gasteiger partial charge in [0, 0.05) is 25.7 Å². The molecule has 2 rings (SSSR count). The highest BCUT2D eigenvalue weighted by Gasteiger charge is 2.41. The lowest BCUT2D eigenvalue weighted by molar-refractivity contribution is -0.181. The second-order valence-corrected chi connectivity index (χ2v) is 20.4. The van der Waals surface area contributed by atoms with E-state index in [1.807, 2.05) is 0 Å². The molecule has 0 saturated carbocycles. The average molecular weight is 876 g/mol. The van der Waals surface area contributed by atoms with Gasteiger partial charge in [-0.1, -0.05) is 176 Å². The molecular weight excluding hydrogens is 771 g/mol. The molecule has 0 aromatic carbocycles. The van der Waals surface area contributed by atoms with Crippen LogP contribution in [0.25, 0.3) is 0 Å². The van der Waals surface area contributed by atoms with E-state index in [2.05, 4.69) is 46.6 Å². The number of carbonyl (C=O) groups is 2. The van der Waals surface area contributed by atoms with E-state index in [0.717, 1.165) is 109 Å². The molecule has 62 heavy (non-hydrogen) atoms. The van der Waals surface area contributed by atoms with E-state index in [1.165, 1.54) is 135 Å². The monoisotopic (exact) mass is 876 g/mol. The molecule has 0 aliphatic carbocycles. The fourth-order valence-electron chi connectivity index (χ4n) is 10.4. The Hall–Kier alpha value is -1.18. The van der Waals surface area contributed by atoms with Gasteiger partial charge >= 0.3 is 11.9 Å². The van der Waals surface area contributed by atoms with E-state index in [4.69, 9.17) is 18.9 Å². The Morgan fingerprint density at radius 2 is 1.03 bits per heavy atom. The second-order valence-electron chi connectivity index (χ2n) is 20.4. The number of rotatable bonds is 41. The van der Waals surface area contributed by atoms with Crippen molar-refractivity contribution in [3.05, 3.63) is 0 Å². The first kappa shape index (κ1) is 56.9. The van der Waals surface area contributed by atoms with Crippen LogP contribution >= 0.6 is 0 Å². The predicted molar refractivity (Wildman–Crippen MR) is 262 cm³/mol. The molecule has 2 saturated heterocycles. The molecule has 3 atom stereocenters. The Morgan fingerprint density at radius 3 is 1.50 bits per heavy atom. The maximum Gasteiger partial charge on any atom is 0.305 e. The van der Waals surface area contributed by atoms with Crippen LogP contribution in [0.15, 0.2) is 0 Å². The van der Waals surface area contributed by atoms with Crippen molar-refractivity contribution in [3.63, 3.8) is 0 Å². The molecule has 0 aromatic heterocycles. The van der Waals surface area contributed by atoms with Crippen molar-refractivity contribution in [2.24, 2.45) is 23.7 Å². The van der Waals surface area contributed by atoms with Gasteiger partial charge in [-0.15, -0.1) is 0 Å². The maximum atomic E-state index is 12.6. The Balaban J connectivity index is 1.72. The number of ether oxygens (including phenoxy) is 4. The zero-order valence-electron chi connectivity index (χ0n) is 42.3. The van der Waals surface area contributed by atoms with Crippen LogP contribution < -0.4 is 0 Å². The second kappa shape index (κ2) is 38.0. The van der Waals surface area contributed by atoms with E-state index >= 15 is 0 Å². The Kier molecular flexibility index (Phi) is 34.9. The Morgan fingerprint density at radius 1 is 0.581 bits per heavy atom. The van der Waals surface area contributed by atoms with Crippen LogP contribution in [0.2, 0.25) is 0 Å². The largest absolute Gasteiger partial charge is 0.466 e. The first-order chi connectivity index (χ1) is 30.2. The van der Waals surface area contributed by atoms with Gasteiger partial charge < -0.3 is 23.8 Å². The van der Waals surface area contributed by atoms with Crippen molar-refractivity contribution in [2.45, 2.75) is 278 Å². The standard InChI is InChI=1S/C55H105NO6/c1-7-11-21-30-49(31-22-12-8-2)38-44-59-53(57)35-25-17-15-19-27-40-55(61-47-52(62-55)46-48(5)51-34-29-42-56(6)43-37-51)41-28-20-16-18-26-36-54(58)60-45-39-50(32-23-13-9-3)33-24-14-10-4/h48-52H,7-47H2,1-6H3. The summed E-state index contributed by atoms with van der Waals surface area (Å²) in [4.78, 5) is 27.6. The Labute approximate surface area is 385 Å². The molecule has 7 nitrogen and oxygen atoms in total. The maximum absolute atomic E-state index is 12.6. The molecule has 7 heteroatoms. The fraction of sp³-hybridized carbons (Fsp3) is 0.964. The third-order valence-electron chi connectivity index (χ3n) is 14.7. The molecule has 2 aliphatic rings. The molecular formula is C55H105NO6. The SMILES string of the molecule is CCCCCC(CCCCC)CCOC(=O)CCCCCCCC1(CCCCCCCC(=O)OCCC(CCCCC)CCCCC)OCC(CC(C)C2CCCN(C)CC2)O1. The predicted octanol–water partition coefficient (Wildman–Crippen LogP) is 15.7. The van der Waals surface area contributed by atoms with Crippen LogP contribution in [0.4, 0.5) is 0 Å². The molecule has 2 aliphatic heterocycles. The van der Waals surface area contributed by atoms with Crippen LogP contribution in [0.1, 0.15) is 266 Å². The van der Waals surface area contributed by atoms with Gasteiger partial charge in [0.15, 0.2) is 5.79 Å². The van der Waals surface area contributed by atoms with Gasteiger partial charge in [-0.25, -0.2) is 0 Å². The summed E-state index contributed by atoms with van der Waals surface area (Å²) in [7, 11) is 2.26. The number of esters is 2. The molecule has 2 fully saturated rings. The molecule has 0 bridgehead atoms. The third-order valence-corrected chi connectivity index (χ3v) is 14.7. The summed E-state index contributed by atoms with van der Waals surface area (Å²) >= 11 is 0. The number of hydrogen-bond acceptors (Lipinski definition) is 7. The molecule has 0 radical (unpaired) electrons. The number of carbonyl (C=O) groups excluding carboxylic acids is 2. The molecule has 0 spiro atoms. The number of nitrogens with zero attached hydrogens (tertiary/aromatic N) is 1. The van der Waals surface area contributed by atoms with E-state index in [9.17, 15) is 9.59 Å². The highest BCUT2D eigenvalue weighted by atomic mass is 16.7. The lowest BCUT2D eigenvalue weighted by atomic mass is 9.84. The summed E-state index contributed by atoms with van der Waals surface area (Å²) in [6, 6.07) is 0. The summed E-state index contributed by atoms with van der Waals surface area (Å²) in [6.07, 6.45) is 41.6. The number of unbranched alkanes of at least 4 members (excludes halogenated alkanes) is 16. The Bertz CT molecular complexity index is 977. The van der Waals surface area contributed by atoms with Gasteiger partial charge in [-0.2, -0.15) is 0 Å². The summed E-state index contributed by atoms with van der Waals surface area (Å²) in [6.45, 7) is 15.9. The fourth-order valence-corrected chi connectivity index (χ4v) is 10.4. The van der Waals surface area contributed by atoms with Crippen LogP contribution in [-0.4, -0.2) is 68.7 Å². The summed E-state index contributed by atoms with van der Waals surface area (Å²) < 4.78 is 25.0. The highest BCUT2D eigenvalue weighted by molar-refractivity contribution is 5.69. The van der Waals surface area contributed by atoms with Gasteiger partial charge in [0.05, 0.1) is 25.9 Å². The third kappa shape index (κ3) is 28.7. The van der Waals surface area contributed by atoms with Crippen molar-refractivity contribution >= 4 is 11.9 Å². The van der Waals surface area contributed by atoms with Crippen molar-refractivity contribution in [3.8, 4) is 0 Å². The van der Waals surface area contributed by atoms with Gasteiger partial charge in [0.2, 0.25) is 0 Å².